The van der Waals surface area contributed by atoms with Crippen LogP contribution in [0.25, 0.3) is 0 Å². The summed E-state index contributed by atoms with van der Waals surface area (Å²) in [6, 6.07) is 0. The van der Waals surface area contributed by atoms with E-state index in [0.29, 0.717) is 23.9 Å². The largest absolute Gasteiger partial charge is 0.472 e. The number of allylic oxidation sites excluding steroid dienone is 14. The van der Waals surface area contributed by atoms with Crippen molar-refractivity contribution < 1.29 is 42.1 Å². The minimum Gasteiger partial charge on any atom is -0.462 e. The monoisotopic (exact) mass is 1280 g/mol. The fourth-order valence-corrected chi connectivity index (χ4v) is 11.8. The second-order valence-electron chi connectivity index (χ2n) is 27.0. The van der Waals surface area contributed by atoms with Crippen molar-refractivity contribution in [2.45, 2.75) is 367 Å². The summed E-state index contributed by atoms with van der Waals surface area (Å²) < 4.78 is 34.8. The van der Waals surface area contributed by atoms with Gasteiger partial charge >= 0.3 is 19.8 Å². The number of hydrogen-bond donors (Lipinski definition) is 1. The number of phosphoric acid groups is 1. The second-order valence-corrected chi connectivity index (χ2v) is 28.5. The average molecular weight is 1280 g/mol. The van der Waals surface area contributed by atoms with E-state index < -0.39 is 26.5 Å². The third-order valence-electron chi connectivity index (χ3n) is 16.9. The molecule has 0 aromatic heterocycles. The Kier molecular flexibility index (Phi) is 68.3. The zero-order chi connectivity index (χ0) is 65.5. The Labute approximate surface area is 558 Å². The second kappa shape index (κ2) is 70.5. The molecule has 0 saturated heterocycles. The van der Waals surface area contributed by atoms with Crippen LogP contribution >= 0.6 is 7.82 Å². The number of carbonyl (C=O) groups excluding carboxylic acids is 2. The lowest BCUT2D eigenvalue weighted by Gasteiger charge is -2.24. The van der Waals surface area contributed by atoms with Crippen LogP contribution in [0, 0.1) is 0 Å². The van der Waals surface area contributed by atoms with Crippen molar-refractivity contribution in [3.8, 4) is 0 Å². The third-order valence-corrected chi connectivity index (χ3v) is 17.9. The highest BCUT2D eigenvalue weighted by Crippen LogP contribution is 2.43. The molecule has 0 aliphatic heterocycles. The van der Waals surface area contributed by atoms with E-state index in [4.69, 9.17) is 18.5 Å². The molecule has 1 N–H and O–H groups in total. The van der Waals surface area contributed by atoms with E-state index in [0.717, 1.165) is 70.6 Å². The number of likely N-dealkylation sites (N-methyl/N-ethyl adjacent to an activating group) is 1. The number of esters is 2. The first kappa shape index (κ1) is 87.2. The molecule has 2 unspecified atom stereocenters. The minimum absolute atomic E-state index is 0.0321. The highest BCUT2D eigenvalue weighted by Gasteiger charge is 2.27. The molecule has 0 amide bonds. The molecule has 524 valence electrons. The maximum atomic E-state index is 12.9. The third kappa shape index (κ3) is 74.2. The molecule has 0 aromatic rings. The smallest absolute Gasteiger partial charge is 0.462 e. The van der Waals surface area contributed by atoms with Crippen molar-refractivity contribution in [1.29, 1.82) is 0 Å². The van der Waals surface area contributed by atoms with Gasteiger partial charge in [-0.15, -0.1) is 0 Å². The summed E-state index contributed by atoms with van der Waals surface area (Å²) in [4.78, 5) is 36.0. The van der Waals surface area contributed by atoms with Crippen molar-refractivity contribution in [2.24, 2.45) is 0 Å². The molecule has 0 radical (unpaired) electrons. The van der Waals surface area contributed by atoms with Gasteiger partial charge in [0.2, 0.25) is 0 Å². The van der Waals surface area contributed by atoms with Crippen molar-refractivity contribution in [3.05, 3.63) is 85.1 Å². The Hall–Kier alpha value is -2.81. The Morgan fingerprint density at radius 1 is 0.356 bits per heavy atom. The molecule has 90 heavy (non-hydrogen) atoms. The minimum atomic E-state index is -4.40. The number of rotatable bonds is 71. The van der Waals surface area contributed by atoms with E-state index >= 15 is 0 Å². The van der Waals surface area contributed by atoms with E-state index in [-0.39, 0.29) is 25.6 Å². The number of hydrogen-bond acceptors (Lipinski definition) is 7. The van der Waals surface area contributed by atoms with Crippen LogP contribution in [0.15, 0.2) is 85.1 Å². The molecule has 0 rings (SSSR count). The SMILES string of the molecule is CC/C=C\C/C=C\C/C=C\C/C=C\C/C=C\CCCCCCCCCCCCCCCCCCCCCC(=O)OC(COC(=O)CCCCCCCCCCCCCCCCCCCCC/C=C\C/C=C\CCCCCCC)COP(=O)(O)OCC[N+](C)(C)C. The van der Waals surface area contributed by atoms with Gasteiger partial charge in [-0.05, 0) is 89.9 Å². The highest BCUT2D eigenvalue weighted by atomic mass is 31.2. The standard InChI is InChI=1S/C80H146NO8P/c1-6-8-10-12-14-16-18-20-22-24-26-28-30-32-34-36-38-39-40-41-43-45-47-49-51-53-55-57-59-61-63-65-67-69-71-73-80(83)89-78(77-88-90(84,85)87-75-74-81(3,4)5)76-86-79(82)72-70-68-66-64-62-60-58-56-54-52-50-48-46-44-42-37-35-33-31-29-27-25-23-21-19-17-15-13-11-9-7-2/h8,10,14,16,19-22,25-28,32,34,78H,6-7,9,11-13,15,17-18,23-24,29-31,33,35-77H2,1-5H3/p+1/b10-8-,16-14-,21-19-,22-20-,27-25-,28-26-,34-32-. The van der Waals surface area contributed by atoms with Crippen molar-refractivity contribution in [3.63, 3.8) is 0 Å². The quantitative estimate of drug-likeness (QED) is 0.0211. The maximum absolute atomic E-state index is 12.9. The molecule has 0 aliphatic rings. The van der Waals surface area contributed by atoms with E-state index in [1.54, 1.807) is 0 Å². The summed E-state index contributed by atoms with van der Waals surface area (Å²) in [6.07, 6.45) is 97.1. The van der Waals surface area contributed by atoms with Crippen LogP contribution in [0.2, 0.25) is 0 Å². The fraction of sp³-hybridized carbons (Fsp3) is 0.800. The molecule has 2 atom stereocenters. The normalized spacial score (nSPS) is 13.5. The molecule has 0 aromatic carbocycles. The Bertz CT molecular complexity index is 1800. The molecule has 0 spiro atoms. The number of nitrogens with zero attached hydrogens (tertiary/aromatic N) is 1. The van der Waals surface area contributed by atoms with Crippen LogP contribution < -0.4 is 0 Å². The first-order valence-corrected chi connectivity index (χ1v) is 39.8. The number of unbranched alkanes of at least 4 members (excludes halogenated alkanes) is 43. The molecule has 0 bridgehead atoms. The van der Waals surface area contributed by atoms with E-state index in [1.165, 1.54) is 257 Å². The summed E-state index contributed by atoms with van der Waals surface area (Å²) in [7, 11) is 1.49. The molecule has 10 heteroatoms. The van der Waals surface area contributed by atoms with Gasteiger partial charge in [-0.25, -0.2) is 4.57 Å². The number of quaternary nitrogens is 1. The van der Waals surface area contributed by atoms with Gasteiger partial charge in [-0.2, -0.15) is 0 Å². The lowest BCUT2D eigenvalue weighted by molar-refractivity contribution is -0.870. The van der Waals surface area contributed by atoms with E-state index in [1.807, 2.05) is 21.1 Å². The summed E-state index contributed by atoms with van der Waals surface area (Å²) in [6.45, 7) is 4.36. The average Bonchev–Trinajstić information content (AvgIpc) is 3.61. The van der Waals surface area contributed by atoms with Crippen molar-refractivity contribution in [2.75, 3.05) is 47.5 Å². The van der Waals surface area contributed by atoms with Crippen LogP contribution in [0.3, 0.4) is 0 Å². The maximum Gasteiger partial charge on any atom is 0.472 e. The van der Waals surface area contributed by atoms with E-state index in [2.05, 4.69) is 98.9 Å². The number of ether oxygens (including phenoxy) is 2. The predicted octanol–water partition coefficient (Wildman–Crippen LogP) is 25.3. The van der Waals surface area contributed by atoms with E-state index in [9.17, 15) is 19.0 Å². The predicted molar refractivity (Wildman–Crippen MR) is 390 cm³/mol. The number of carbonyl (C=O) groups is 2. The van der Waals surface area contributed by atoms with Crippen LogP contribution in [0.1, 0.15) is 361 Å². The van der Waals surface area contributed by atoms with Gasteiger partial charge in [0.1, 0.15) is 19.8 Å². The fourth-order valence-electron chi connectivity index (χ4n) is 11.1. The summed E-state index contributed by atoms with van der Waals surface area (Å²) in [5.41, 5.74) is 0. The Morgan fingerprint density at radius 2 is 0.633 bits per heavy atom. The molecular formula is C80H147NO8P+. The molecular weight excluding hydrogens is 1130 g/mol. The topological polar surface area (TPSA) is 108 Å². The van der Waals surface area contributed by atoms with Gasteiger partial charge in [0.25, 0.3) is 0 Å². The molecule has 9 nitrogen and oxygen atoms in total. The number of phosphoric ester groups is 1. The van der Waals surface area contributed by atoms with Crippen molar-refractivity contribution in [1.82, 2.24) is 0 Å². The van der Waals surface area contributed by atoms with Gasteiger partial charge in [-0.3, -0.25) is 18.6 Å². The van der Waals surface area contributed by atoms with Gasteiger partial charge in [0.15, 0.2) is 6.10 Å². The summed E-state index contributed by atoms with van der Waals surface area (Å²) in [5, 5.41) is 0. The van der Waals surface area contributed by atoms with Gasteiger partial charge in [-0.1, -0.05) is 343 Å². The lowest BCUT2D eigenvalue weighted by atomic mass is 10.0. The first-order valence-electron chi connectivity index (χ1n) is 38.3. The Balaban J connectivity index is 3.96. The van der Waals surface area contributed by atoms with Crippen LogP contribution in [0.5, 0.6) is 0 Å². The van der Waals surface area contributed by atoms with Crippen LogP contribution in [-0.4, -0.2) is 74.9 Å². The van der Waals surface area contributed by atoms with Crippen LogP contribution in [-0.2, 0) is 32.7 Å². The first-order chi connectivity index (χ1) is 44.0. The van der Waals surface area contributed by atoms with Gasteiger partial charge in [0.05, 0.1) is 27.7 Å². The van der Waals surface area contributed by atoms with Gasteiger partial charge < -0.3 is 18.9 Å². The zero-order valence-electron chi connectivity index (χ0n) is 59.9. The molecule has 0 aliphatic carbocycles. The zero-order valence-corrected chi connectivity index (χ0v) is 60.8. The van der Waals surface area contributed by atoms with Crippen LogP contribution in [0.4, 0.5) is 0 Å². The summed E-state index contributed by atoms with van der Waals surface area (Å²) >= 11 is 0. The molecule has 0 fully saturated rings. The molecule has 0 saturated carbocycles. The highest BCUT2D eigenvalue weighted by molar-refractivity contribution is 7.47. The Morgan fingerprint density at radius 3 is 0.944 bits per heavy atom. The molecule has 0 heterocycles. The van der Waals surface area contributed by atoms with Gasteiger partial charge in [0, 0.05) is 12.8 Å². The van der Waals surface area contributed by atoms with Crippen molar-refractivity contribution >= 4 is 19.8 Å². The summed E-state index contributed by atoms with van der Waals surface area (Å²) in [5.74, 6) is -0.780. The lowest BCUT2D eigenvalue weighted by Crippen LogP contribution is -2.37.